The van der Waals surface area contributed by atoms with Crippen LogP contribution in [0, 0.1) is 0 Å². The van der Waals surface area contributed by atoms with E-state index in [4.69, 9.17) is 14.6 Å². The second-order valence-corrected chi connectivity index (χ2v) is 4.93. The fraction of sp³-hybridized carbons (Fsp3) is 0.909. The molecule has 1 unspecified atom stereocenters. The number of amides is 1. The van der Waals surface area contributed by atoms with E-state index in [1.807, 2.05) is 20.8 Å². The Morgan fingerprint density at radius 3 is 2.81 bits per heavy atom. The van der Waals surface area contributed by atoms with Crippen molar-refractivity contribution in [1.29, 1.82) is 0 Å². The summed E-state index contributed by atoms with van der Waals surface area (Å²) in [5.74, 6) is 0. The molecule has 0 aromatic heterocycles. The summed E-state index contributed by atoms with van der Waals surface area (Å²) in [7, 11) is 0. The number of aliphatic hydroxyl groups excluding tert-OH is 1. The maximum atomic E-state index is 11.7. The van der Waals surface area contributed by atoms with Gasteiger partial charge in [-0.25, -0.2) is 4.79 Å². The highest BCUT2D eigenvalue weighted by Crippen LogP contribution is 2.14. The molecule has 1 N–H and O–H groups in total. The zero-order valence-corrected chi connectivity index (χ0v) is 10.2. The Morgan fingerprint density at radius 2 is 2.25 bits per heavy atom. The van der Waals surface area contributed by atoms with Crippen molar-refractivity contribution in [1.82, 2.24) is 4.90 Å². The summed E-state index contributed by atoms with van der Waals surface area (Å²) in [5, 5.41) is 8.82. The van der Waals surface area contributed by atoms with E-state index in [1.165, 1.54) is 0 Å². The second kappa shape index (κ2) is 5.50. The molecule has 94 valence electrons. The predicted octanol–water partition coefficient (Wildman–Crippen LogP) is 1.00. The standard InChI is InChI=1S/C11H21NO4/c1-11(2,3)16-10(14)12-5-7-15-9(8-12)4-6-13/h9,13H,4-8H2,1-3H3. The third-order valence-electron chi connectivity index (χ3n) is 2.24. The summed E-state index contributed by atoms with van der Waals surface area (Å²) in [6.07, 6.45) is 0.171. The number of carbonyl (C=O) groups is 1. The number of hydrogen-bond donors (Lipinski definition) is 1. The van der Waals surface area contributed by atoms with Crippen LogP contribution in [0.15, 0.2) is 0 Å². The second-order valence-electron chi connectivity index (χ2n) is 4.93. The van der Waals surface area contributed by atoms with Crippen LogP contribution in [0.25, 0.3) is 0 Å². The number of hydrogen-bond acceptors (Lipinski definition) is 4. The van der Waals surface area contributed by atoms with Crippen molar-refractivity contribution >= 4 is 6.09 Å². The van der Waals surface area contributed by atoms with E-state index in [9.17, 15) is 4.79 Å². The Kier molecular flexibility index (Phi) is 4.56. The lowest BCUT2D eigenvalue weighted by Crippen LogP contribution is -2.47. The average molecular weight is 231 g/mol. The van der Waals surface area contributed by atoms with E-state index in [2.05, 4.69) is 0 Å². The molecule has 1 atom stereocenters. The Balaban J connectivity index is 2.44. The molecule has 1 amide bonds. The molecular formula is C11H21NO4. The van der Waals surface area contributed by atoms with Gasteiger partial charge in [-0.1, -0.05) is 0 Å². The summed E-state index contributed by atoms with van der Waals surface area (Å²) in [6.45, 7) is 7.16. The SMILES string of the molecule is CC(C)(C)OC(=O)N1CCOC(CCO)C1. The highest BCUT2D eigenvalue weighted by molar-refractivity contribution is 5.68. The summed E-state index contributed by atoms with van der Waals surface area (Å²) < 4.78 is 10.7. The van der Waals surface area contributed by atoms with Crippen LogP contribution in [0.5, 0.6) is 0 Å². The lowest BCUT2D eigenvalue weighted by molar-refractivity contribution is -0.0486. The van der Waals surface area contributed by atoms with Crippen molar-refractivity contribution in [3.8, 4) is 0 Å². The summed E-state index contributed by atoms with van der Waals surface area (Å²) in [5.41, 5.74) is -0.470. The Bertz CT molecular complexity index is 235. The highest BCUT2D eigenvalue weighted by atomic mass is 16.6. The minimum absolute atomic E-state index is 0.0762. The van der Waals surface area contributed by atoms with Gasteiger partial charge in [0.25, 0.3) is 0 Å². The van der Waals surface area contributed by atoms with Gasteiger partial charge in [-0.3, -0.25) is 0 Å². The van der Waals surface area contributed by atoms with Crippen LogP contribution in [-0.2, 0) is 9.47 Å². The van der Waals surface area contributed by atoms with Crippen molar-refractivity contribution in [2.24, 2.45) is 0 Å². The molecule has 0 radical (unpaired) electrons. The van der Waals surface area contributed by atoms with Crippen LogP contribution in [0.3, 0.4) is 0 Å². The molecule has 1 aliphatic heterocycles. The van der Waals surface area contributed by atoms with E-state index >= 15 is 0 Å². The number of nitrogens with zero attached hydrogens (tertiary/aromatic N) is 1. The van der Waals surface area contributed by atoms with Gasteiger partial charge in [0.1, 0.15) is 5.60 Å². The molecule has 1 fully saturated rings. The number of ether oxygens (including phenoxy) is 2. The molecule has 0 saturated carbocycles. The van der Waals surface area contributed by atoms with Crippen LogP contribution in [0.2, 0.25) is 0 Å². The Labute approximate surface area is 96.3 Å². The van der Waals surface area contributed by atoms with Crippen LogP contribution in [0.4, 0.5) is 4.79 Å². The molecule has 0 aromatic carbocycles. The first-order chi connectivity index (χ1) is 7.42. The number of morpholine rings is 1. The topological polar surface area (TPSA) is 59.0 Å². The minimum Gasteiger partial charge on any atom is -0.444 e. The van der Waals surface area contributed by atoms with Crippen molar-refractivity contribution in [3.05, 3.63) is 0 Å². The van der Waals surface area contributed by atoms with Gasteiger partial charge in [-0.2, -0.15) is 0 Å². The van der Waals surface area contributed by atoms with Gasteiger partial charge in [-0.15, -0.1) is 0 Å². The van der Waals surface area contributed by atoms with Crippen molar-refractivity contribution in [2.45, 2.75) is 38.9 Å². The normalized spacial score (nSPS) is 22.0. The van der Waals surface area contributed by atoms with E-state index in [-0.39, 0.29) is 18.8 Å². The highest BCUT2D eigenvalue weighted by Gasteiger charge is 2.27. The monoisotopic (exact) mass is 231 g/mol. The van der Waals surface area contributed by atoms with Gasteiger partial charge in [0.2, 0.25) is 0 Å². The summed E-state index contributed by atoms with van der Waals surface area (Å²) in [4.78, 5) is 13.4. The van der Waals surface area contributed by atoms with Gasteiger partial charge in [-0.05, 0) is 27.2 Å². The maximum absolute atomic E-state index is 11.7. The van der Waals surface area contributed by atoms with E-state index in [0.717, 1.165) is 0 Å². The first-order valence-corrected chi connectivity index (χ1v) is 5.63. The maximum Gasteiger partial charge on any atom is 0.410 e. The largest absolute Gasteiger partial charge is 0.444 e. The minimum atomic E-state index is -0.470. The molecule has 5 nitrogen and oxygen atoms in total. The third kappa shape index (κ3) is 4.37. The van der Waals surface area contributed by atoms with Gasteiger partial charge < -0.3 is 19.5 Å². The van der Waals surface area contributed by atoms with E-state index < -0.39 is 5.60 Å². The molecule has 16 heavy (non-hydrogen) atoms. The first kappa shape index (κ1) is 13.3. The average Bonchev–Trinajstić information content (AvgIpc) is 2.16. The molecule has 0 aliphatic carbocycles. The molecular weight excluding hydrogens is 210 g/mol. The smallest absolute Gasteiger partial charge is 0.410 e. The van der Waals surface area contributed by atoms with E-state index in [1.54, 1.807) is 4.90 Å². The number of rotatable bonds is 2. The summed E-state index contributed by atoms with van der Waals surface area (Å²) in [6, 6.07) is 0. The Morgan fingerprint density at radius 1 is 1.56 bits per heavy atom. The van der Waals surface area contributed by atoms with E-state index in [0.29, 0.717) is 26.1 Å². The number of aliphatic hydroxyl groups is 1. The predicted molar refractivity (Wildman–Crippen MR) is 59.2 cm³/mol. The zero-order valence-electron chi connectivity index (χ0n) is 10.2. The molecule has 1 rings (SSSR count). The third-order valence-corrected chi connectivity index (χ3v) is 2.24. The summed E-state index contributed by atoms with van der Waals surface area (Å²) >= 11 is 0. The molecule has 0 spiro atoms. The van der Waals surface area contributed by atoms with Crippen LogP contribution >= 0.6 is 0 Å². The van der Waals surface area contributed by atoms with Crippen molar-refractivity contribution < 1.29 is 19.4 Å². The Hall–Kier alpha value is -0.810. The molecule has 0 bridgehead atoms. The molecule has 1 heterocycles. The quantitative estimate of drug-likeness (QED) is 0.770. The van der Waals surface area contributed by atoms with Crippen LogP contribution in [0.1, 0.15) is 27.2 Å². The van der Waals surface area contributed by atoms with Crippen LogP contribution < -0.4 is 0 Å². The molecule has 1 saturated heterocycles. The molecule has 5 heteroatoms. The fourth-order valence-corrected chi connectivity index (χ4v) is 1.53. The van der Waals surface area contributed by atoms with Gasteiger partial charge >= 0.3 is 6.09 Å². The first-order valence-electron chi connectivity index (χ1n) is 5.63. The van der Waals surface area contributed by atoms with Gasteiger partial charge in [0, 0.05) is 13.2 Å². The molecule has 1 aliphatic rings. The van der Waals surface area contributed by atoms with Crippen molar-refractivity contribution in [2.75, 3.05) is 26.3 Å². The van der Waals surface area contributed by atoms with Gasteiger partial charge in [0.05, 0.1) is 19.3 Å². The van der Waals surface area contributed by atoms with Gasteiger partial charge in [0.15, 0.2) is 0 Å². The fourth-order valence-electron chi connectivity index (χ4n) is 1.53. The van der Waals surface area contributed by atoms with Crippen molar-refractivity contribution in [3.63, 3.8) is 0 Å². The lowest BCUT2D eigenvalue weighted by atomic mass is 10.2. The van der Waals surface area contributed by atoms with Crippen LogP contribution in [-0.4, -0.2) is 54.1 Å². The molecule has 0 aromatic rings. The zero-order chi connectivity index (χ0) is 12.2. The number of carbonyl (C=O) groups excluding carboxylic acids is 1. The lowest BCUT2D eigenvalue weighted by Gasteiger charge is -2.34.